The van der Waals surface area contributed by atoms with Gasteiger partial charge in [0, 0.05) is 12.1 Å². The molecule has 6 heteroatoms. The smallest absolute Gasteiger partial charge is 0.0119 e. The fourth-order valence-corrected chi connectivity index (χ4v) is 6.84. The van der Waals surface area contributed by atoms with Crippen molar-refractivity contribution in [1.82, 2.24) is 21.3 Å². The normalized spacial score (nSPS) is 18.6. The van der Waals surface area contributed by atoms with Crippen LogP contribution in [0.4, 0.5) is 0 Å². The molecule has 0 aliphatic heterocycles. The predicted octanol–water partition coefficient (Wildman–Crippen LogP) is 4.51. The zero-order valence-corrected chi connectivity index (χ0v) is 25.7. The van der Waals surface area contributed by atoms with Gasteiger partial charge in [0.1, 0.15) is 0 Å². The summed E-state index contributed by atoms with van der Waals surface area (Å²) >= 11 is 0. The fraction of sp³-hybridized carbons (Fsp3) is 0.824. The quantitative estimate of drug-likeness (QED) is 0.118. The molecule has 0 saturated heterocycles. The van der Waals surface area contributed by atoms with Gasteiger partial charge in [0.2, 0.25) is 0 Å². The van der Waals surface area contributed by atoms with Crippen LogP contribution in [0.15, 0.2) is 24.3 Å². The zero-order chi connectivity index (χ0) is 28.1. The van der Waals surface area contributed by atoms with Gasteiger partial charge in [-0.2, -0.15) is 0 Å². The molecule has 3 rings (SSSR count). The Balaban J connectivity index is 1.32. The molecule has 2 saturated carbocycles. The van der Waals surface area contributed by atoms with E-state index in [1.807, 2.05) is 0 Å². The zero-order valence-electron chi connectivity index (χ0n) is 25.7. The molecule has 0 spiro atoms. The summed E-state index contributed by atoms with van der Waals surface area (Å²) in [5.74, 6) is 1.82. The Hall–Kier alpha value is -1.02. The number of rotatable bonds is 22. The molecule has 1 aromatic carbocycles. The van der Waals surface area contributed by atoms with Gasteiger partial charge in [-0.25, -0.2) is 0 Å². The van der Waals surface area contributed by atoms with Gasteiger partial charge in [-0.15, -0.1) is 0 Å². The molecule has 6 nitrogen and oxygen atoms in total. The van der Waals surface area contributed by atoms with E-state index in [1.54, 1.807) is 0 Å². The number of hydrogen-bond acceptors (Lipinski definition) is 6. The molecule has 0 bridgehead atoms. The minimum Gasteiger partial charge on any atom is -0.330 e. The van der Waals surface area contributed by atoms with E-state index in [0.717, 1.165) is 76.8 Å². The summed E-state index contributed by atoms with van der Waals surface area (Å²) in [5.41, 5.74) is 14.8. The topological polar surface area (TPSA) is 100 Å². The highest BCUT2D eigenvalue weighted by Gasteiger charge is 2.14. The van der Waals surface area contributed by atoms with Crippen molar-refractivity contribution in [2.75, 3.05) is 52.4 Å². The molecule has 8 N–H and O–H groups in total. The van der Waals surface area contributed by atoms with E-state index in [0.29, 0.717) is 12.1 Å². The van der Waals surface area contributed by atoms with E-state index in [2.05, 4.69) is 45.5 Å². The van der Waals surface area contributed by atoms with Crippen molar-refractivity contribution in [2.24, 2.45) is 23.3 Å². The first-order valence-electron chi connectivity index (χ1n) is 17.1. The second kappa shape index (κ2) is 21.6. The third kappa shape index (κ3) is 14.7. The average Bonchev–Trinajstić information content (AvgIpc) is 2.98. The Kier molecular flexibility index (Phi) is 18.1. The van der Waals surface area contributed by atoms with Gasteiger partial charge >= 0.3 is 0 Å². The first-order chi connectivity index (χ1) is 19.8. The monoisotopic (exact) mass is 557 g/mol. The average molecular weight is 557 g/mol. The van der Waals surface area contributed by atoms with Gasteiger partial charge in [-0.3, -0.25) is 0 Å². The molecule has 0 amide bonds. The lowest BCUT2D eigenvalue weighted by atomic mass is 9.89. The molecule has 2 aliphatic rings. The molecule has 0 radical (unpaired) electrons. The second-order valence-corrected chi connectivity index (χ2v) is 12.8. The van der Waals surface area contributed by atoms with Gasteiger partial charge in [0.25, 0.3) is 0 Å². The number of hydrogen-bond donors (Lipinski definition) is 6. The molecule has 2 fully saturated rings. The van der Waals surface area contributed by atoms with Gasteiger partial charge < -0.3 is 32.7 Å². The van der Waals surface area contributed by atoms with E-state index < -0.39 is 0 Å². The maximum absolute atomic E-state index is 5.98. The lowest BCUT2D eigenvalue weighted by Crippen LogP contribution is -2.36. The summed E-state index contributed by atoms with van der Waals surface area (Å²) in [6.45, 7) is 8.21. The predicted molar refractivity (Wildman–Crippen MR) is 173 cm³/mol. The molecular formula is C34H64N6. The van der Waals surface area contributed by atoms with Crippen molar-refractivity contribution in [3.63, 3.8) is 0 Å². The summed E-state index contributed by atoms with van der Waals surface area (Å²) in [7, 11) is 0. The number of nitrogens with two attached hydrogens (primary N) is 2. The SMILES string of the molecule is NCCC(Cc1cccc(CC(CCN)NCCCNCC2CCCCC2)c1)NCCCNCC1CCCCC1. The standard InChI is InChI=1S/C34H64N6/c35-18-16-33(39-22-8-20-37-27-29-10-3-1-4-11-29)25-31-14-7-15-32(24-31)26-34(17-19-36)40-23-9-21-38-28-30-12-5-2-6-13-30/h7,14-15,24,29-30,33-34,37-40H,1-6,8-13,16-23,25-28,35-36H2. The Bertz CT molecular complexity index is 674. The van der Waals surface area contributed by atoms with Crippen LogP contribution in [0.5, 0.6) is 0 Å². The summed E-state index contributed by atoms with van der Waals surface area (Å²) in [4.78, 5) is 0. The van der Waals surface area contributed by atoms with Crippen LogP contribution in [-0.2, 0) is 12.8 Å². The van der Waals surface area contributed by atoms with Crippen molar-refractivity contribution in [2.45, 2.75) is 115 Å². The molecular weight excluding hydrogens is 492 g/mol. The molecule has 40 heavy (non-hydrogen) atoms. The van der Waals surface area contributed by atoms with Gasteiger partial charge in [0.05, 0.1) is 0 Å². The van der Waals surface area contributed by atoms with E-state index in [1.165, 1.54) is 101 Å². The van der Waals surface area contributed by atoms with Crippen LogP contribution in [-0.4, -0.2) is 64.4 Å². The fourth-order valence-electron chi connectivity index (χ4n) is 6.84. The van der Waals surface area contributed by atoms with Crippen LogP contribution in [0, 0.1) is 11.8 Å². The minimum atomic E-state index is 0.442. The van der Waals surface area contributed by atoms with Gasteiger partial charge in [-0.1, -0.05) is 62.8 Å². The lowest BCUT2D eigenvalue weighted by molar-refractivity contribution is 0.341. The third-order valence-corrected chi connectivity index (χ3v) is 9.23. The molecule has 0 heterocycles. The largest absolute Gasteiger partial charge is 0.330 e. The minimum absolute atomic E-state index is 0.442. The van der Waals surface area contributed by atoms with Crippen molar-refractivity contribution >= 4 is 0 Å². The molecule has 2 unspecified atom stereocenters. The second-order valence-electron chi connectivity index (χ2n) is 12.8. The molecule has 2 aliphatic carbocycles. The molecule has 2 atom stereocenters. The van der Waals surface area contributed by atoms with E-state index in [9.17, 15) is 0 Å². The molecule has 0 aromatic heterocycles. The van der Waals surface area contributed by atoms with Crippen molar-refractivity contribution in [3.05, 3.63) is 35.4 Å². The van der Waals surface area contributed by atoms with Crippen molar-refractivity contribution in [3.8, 4) is 0 Å². The molecule has 1 aromatic rings. The van der Waals surface area contributed by atoms with Crippen LogP contribution in [0.25, 0.3) is 0 Å². The van der Waals surface area contributed by atoms with Crippen LogP contribution in [0.2, 0.25) is 0 Å². The van der Waals surface area contributed by atoms with Crippen LogP contribution in [0.3, 0.4) is 0 Å². The van der Waals surface area contributed by atoms with Crippen molar-refractivity contribution in [1.29, 1.82) is 0 Å². The Morgan fingerprint density at radius 1 is 0.625 bits per heavy atom. The van der Waals surface area contributed by atoms with Crippen LogP contribution in [0.1, 0.15) is 101 Å². The van der Waals surface area contributed by atoms with E-state index in [4.69, 9.17) is 11.5 Å². The number of benzene rings is 1. The Morgan fingerprint density at radius 2 is 1.07 bits per heavy atom. The lowest BCUT2D eigenvalue weighted by Gasteiger charge is -2.22. The van der Waals surface area contributed by atoms with Crippen molar-refractivity contribution < 1.29 is 0 Å². The highest BCUT2D eigenvalue weighted by Crippen LogP contribution is 2.23. The molecule has 230 valence electrons. The number of nitrogens with one attached hydrogen (secondary N) is 4. The van der Waals surface area contributed by atoms with E-state index >= 15 is 0 Å². The summed E-state index contributed by atoms with van der Waals surface area (Å²) in [6.07, 6.45) is 20.8. The van der Waals surface area contributed by atoms with E-state index in [-0.39, 0.29) is 0 Å². The summed E-state index contributed by atoms with van der Waals surface area (Å²) in [5, 5.41) is 15.0. The maximum atomic E-state index is 5.98. The van der Waals surface area contributed by atoms with Crippen LogP contribution < -0.4 is 32.7 Å². The van der Waals surface area contributed by atoms with Gasteiger partial charge in [0.15, 0.2) is 0 Å². The highest BCUT2D eigenvalue weighted by atomic mass is 14.9. The highest BCUT2D eigenvalue weighted by molar-refractivity contribution is 5.25. The summed E-state index contributed by atoms with van der Waals surface area (Å²) < 4.78 is 0. The first kappa shape index (κ1) is 33.5. The Labute approximate surface area is 247 Å². The Morgan fingerprint density at radius 3 is 1.50 bits per heavy atom. The third-order valence-electron chi connectivity index (χ3n) is 9.23. The first-order valence-corrected chi connectivity index (χ1v) is 17.1. The van der Waals surface area contributed by atoms with Crippen LogP contribution >= 0.6 is 0 Å². The van der Waals surface area contributed by atoms with Gasteiger partial charge in [-0.05, 0) is 140 Å². The maximum Gasteiger partial charge on any atom is 0.0119 e. The summed E-state index contributed by atoms with van der Waals surface area (Å²) in [6, 6.07) is 10.1.